The van der Waals surface area contributed by atoms with Gasteiger partial charge < -0.3 is 14.2 Å². The molecule has 1 aromatic rings. The summed E-state index contributed by atoms with van der Waals surface area (Å²) in [5, 5.41) is 0. The molecule has 0 fully saturated rings. The van der Waals surface area contributed by atoms with E-state index in [2.05, 4.69) is 0 Å². The molecule has 0 saturated carbocycles. The molecule has 0 unspecified atom stereocenters. The summed E-state index contributed by atoms with van der Waals surface area (Å²) in [7, 11) is 0. The quantitative estimate of drug-likeness (QED) is 0.316. The molecule has 0 N–H and O–H groups in total. The van der Waals surface area contributed by atoms with Crippen molar-refractivity contribution < 1.29 is 23.8 Å². The summed E-state index contributed by atoms with van der Waals surface area (Å²) in [5.41, 5.74) is 0.336. The Morgan fingerprint density at radius 3 is 1.95 bits per heavy atom. The first kappa shape index (κ1) is 16.3. The number of esters is 1. The van der Waals surface area contributed by atoms with Crippen LogP contribution in [-0.2, 0) is 19.0 Å². The van der Waals surface area contributed by atoms with E-state index in [0.29, 0.717) is 5.56 Å². The van der Waals surface area contributed by atoms with Crippen molar-refractivity contribution in [2.75, 3.05) is 19.8 Å². The average Bonchev–Trinajstić information content (AvgIpc) is 2.47. The third kappa shape index (κ3) is 3.43. The lowest BCUT2D eigenvalue weighted by Crippen LogP contribution is -2.52. The minimum Gasteiger partial charge on any atom is -0.462 e. The van der Waals surface area contributed by atoms with Gasteiger partial charge in [0.25, 0.3) is 0 Å². The van der Waals surface area contributed by atoms with Crippen molar-refractivity contribution in [2.24, 2.45) is 0 Å². The number of ketones is 1. The van der Waals surface area contributed by atoms with Gasteiger partial charge in [-0.1, -0.05) is 30.3 Å². The monoisotopic (exact) mass is 280 g/mol. The molecule has 0 heterocycles. The van der Waals surface area contributed by atoms with Gasteiger partial charge >= 0.3 is 11.8 Å². The van der Waals surface area contributed by atoms with Gasteiger partial charge in [-0.15, -0.1) is 0 Å². The van der Waals surface area contributed by atoms with Crippen LogP contribution in [0.3, 0.4) is 0 Å². The molecule has 0 aliphatic rings. The molecule has 0 radical (unpaired) electrons. The van der Waals surface area contributed by atoms with Crippen molar-refractivity contribution >= 4 is 11.8 Å². The highest BCUT2D eigenvalue weighted by molar-refractivity contribution is 6.14. The molecule has 0 spiro atoms. The van der Waals surface area contributed by atoms with Gasteiger partial charge in [0.05, 0.1) is 6.61 Å². The van der Waals surface area contributed by atoms with E-state index in [1.54, 1.807) is 51.1 Å². The molecule has 1 aromatic carbocycles. The highest BCUT2D eigenvalue weighted by Crippen LogP contribution is 2.22. The lowest BCUT2D eigenvalue weighted by molar-refractivity contribution is -0.222. The summed E-state index contributed by atoms with van der Waals surface area (Å²) in [4.78, 5) is 24.8. The van der Waals surface area contributed by atoms with E-state index in [0.717, 1.165) is 0 Å². The third-order valence-electron chi connectivity index (χ3n) is 2.57. The van der Waals surface area contributed by atoms with Crippen LogP contribution in [0.2, 0.25) is 0 Å². The molecule has 0 atom stereocenters. The van der Waals surface area contributed by atoms with E-state index in [-0.39, 0.29) is 19.8 Å². The lowest BCUT2D eigenvalue weighted by atomic mass is 10.0. The number of hydrogen-bond donors (Lipinski definition) is 0. The summed E-state index contributed by atoms with van der Waals surface area (Å²) in [5.74, 6) is -3.40. The normalized spacial score (nSPS) is 11.2. The molecular weight excluding hydrogens is 260 g/mol. The van der Waals surface area contributed by atoms with Crippen LogP contribution in [0.25, 0.3) is 0 Å². The first-order chi connectivity index (χ1) is 9.62. The summed E-state index contributed by atoms with van der Waals surface area (Å²) in [6.07, 6.45) is 0. The fourth-order valence-electron chi connectivity index (χ4n) is 1.80. The number of carbonyl (C=O) groups is 2. The van der Waals surface area contributed by atoms with Crippen LogP contribution in [0.1, 0.15) is 31.1 Å². The molecule has 5 heteroatoms. The predicted molar refractivity (Wildman–Crippen MR) is 73.4 cm³/mol. The van der Waals surface area contributed by atoms with Crippen molar-refractivity contribution in [3.63, 3.8) is 0 Å². The summed E-state index contributed by atoms with van der Waals surface area (Å²) < 4.78 is 15.7. The van der Waals surface area contributed by atoms with Crippen molar-refractivity contribution in [1.82, 2.24) is 0 Å². The van der Waals surface area contributed by atoms with Crippen LogP contribution in [0.5, 0.6) is 0 Å². The Balaban J connectivity index is 3.20. The Morgan fingerprint density at radius 2 is 1.50 bits per heavy atom. The molecule has 0 amide bonds. The van der Waals surface area contributed by atoms with E-state index < -0.39 is 17.5 Å². The highest BCUT2D eigenvalue weighted by Gasteiger charge is 2.50. The van der Waals surface area contributed by atoms with Gasteiger partial charge in [0.1, 0.15) is 0 Å². The number of hydrogen-bond acceptors (Lipinski definition) is 5. The summed E-state index contributed by atoms with van der Waals surface area (Å²) in [6, 6.07) is 8.41. The van der Waals surface area contributed by atoms with Gasteiger partial charge in [0.15, 0.2) is 0 Å². The van der Waals surface area contributed by atoms with Crippen LogP contribution in [0, 0.1) is 0 Å². The fourth-order valence-corrected chi connectivity index (χ4v) is 1.80. The second-order valence-electron chi connectivity index (χ2n) is 3.90. The Bertz CT molecular complexity index is 435. The van der Waals surface area contributed by atoms with Gasteiger partial charge in [-0.05, 0) is 20.8 Å². The van der Waals surface area contributed by atoms with Crippen molar-refractivity contribution in [3.05, 3.63) is 35.9 Å². The van der Waals surface area contributed by atoms with Gasteiger partial charge in [0.2, 0.25) is 5.78 Å². The number of ether oxygens (including phenoxy) is 3. The zero-order valence-electron chi connectivity index (χ0n) is 12.0. The van der Waals surface area contributed by atoms with E-state index >= 15 is 0 Å². The largest absolute Gasteiger partial charge is 0.462 e. The van der Waals surface area contributed by atoms with E-state index in [9.17, 15) is 9.59 Å². The molecule has 5 nitrogen and oxygen atoms in total. The van der Waals surface area contributed by atoms with Gasteiger partial charge in [-0.25, -0.2) is 4.79 Å². The van der Waals surface area contributed by atoms with Gasteiger partial charge in [-0.2, -0.15) is 0 Å². The summed E-state index contributed by atoms with van der Waals surface area (Å²) in [6.45, 7) is 5.47. The second-order valence-corrected chi connectivity index (χ2v) is 3.90. The average molecular weight is 280 g/mol. The molecule has 0 saturated heterocycles. The van der Waals surface area contributed by atoms with Crippen molar-refractivity contribution in [3.8, 4) is 0 Å². The minimum atomic E-state index is -2.03. The van der Waals surface area contributed by atoms with Crippen LogP contribution < -0.4 is 0 Å². The van der Waals surface area contributed by atoms with E-state index in [1.807, 2.05) is 0 Å². The maximum Gasteiger partial charge on any atom is 0.375 e. The molecule has 1 rings (SSSR count). The molecule has 20 heavy (non-hydrogen) atoms. The first-order valence-corrected chi connectivity index (χ1v) is 6.67. The predicted octanol–water partition coefficient (Wildman–Crippen LogP) is 2.20. The Morgan fingerprint density at radius 1 is 0.950 bits per heavy atom. The van der Waals surface area contributed by atoms with Crippen molar-refractivity contribution in [1.29, 1.82) is 0 Å². The summed E-state index contributed by atoms with van der Waals surface area (Å²) >= 11 is 0. The van der Waals surface area contributed by atoms with Crippen LogP contribution in [0.4, 0.5) is 0 Å². The van der Waals surface area contributed by atoms with E-state index in [1.165, 1.54) is 0 Å². The third-order valence-corrected chi connectivity index (χ3v) is 2.57. The minimum absolute atomic E-state index is 0.142. The lowest BCUT2D eigenvalue weighted by Gasteiger charge is -2.29. The van der Waals surface area contributed by atoms with Crippen molar-refractivity contribution in [2.45, 2.75) is 26.6 Å². The van der Waals surface area contributed by atoms with Crippen LogP contribution >= 0.6 is 0 Å². The smallest absolute Gasteiger partial charge is 0.375 e. The number of benzene rings is 1. The van der Waals surface area contributed by atoms with Crippen LogP contribution in [0.15, 0.2) is 30.3 Å². The van der Waals surface area contributed by atoms with Crippen LogP contribution in [-0.4, -0.2) is 37.4 Å². The molecule has 0 aliphatic heterocycles. The molecule has 0 aromatic heterocycles. The van der Waals surface area contributed by atoms with E-state index in [4.69, 9.17) is 14.2 Å². The fraction of sp³-hybridized carbons (Fsp3) is 0.467. The second kappa shape index (κ2) is 7.77. The number of carbonyl (C=O) groups excluding carboxylic acids is 2. The topological polar surface area (TPSA) is 61.8 Å². The molecular formula is C15H20O5. The maximum absolute atomic E-state index is 12.6. The standard InChI is InChI=1S/C15H20O5/c1-4-18-14(17)15(19-5-2,20-6-3)13(16)12-10-8-7-9-11-12/h7-11H,4-6H2,1-3H3. The zero-order valence-corrected chi connectivity index (χ0v) is 12.0. The zero-order chi connectivity index (χ0) is 15.0. The SMILES string of the molecule is CCOC(=O)C(OCC)(OCC)C(=O)c1ccccc1. The first-order valence-electron chi connectivity index (χ1n) is 6.67. The van der Waals surface area contributed by atoms with Gasteiger partial charge in [0, 0.05) is 18.8 Å². The maximum atomic E-state index is 12.6. The molecule has 110 valence electrons. The Hall–Kier alpha value is -1.72. The number of rotatable bonds is 8. The highest BCUT2D eigenvalue weighted by atomic mass is 16.7. The molecule has 0 bridgehead atoms. The Kier molecular flexibility index (Phi) is 6.35. The van der Waals surface area contributed by atoms with Gasteiger partial charge in [-0.3, -0.25) is 4.79 Å². The molecule has 0 aliphatic carbocycles. The Labute approximate surface area is 118 Å². The number of Topliss-reactive ketones (excluding diaryl/α,β-unsaturated/α-hetero) is 1.